The Hall–Kier alpha value is -2.09. The zero-order valence-corrected chi connectivity index (χ0v) is 11.2. The van der Waals surface area contributed by atoms with Crippen LogP contribution in [-0.4, -0.2) is 4.57 Å². The minimum Gasteiger partial charge on any atom is -0.343 e. The molecule has 0 saturated heterocycles. The second kappa shape index (κ2) is 4.54. The fourth-order valence-electron chi connectivity index (χ4n) is 2.45. The van der Waals surface area contributed by atoms with E-state index >= 15 is 0 Å². The number of hydrogen-bond acceptors (Lipinski definition) is 0. The van der Waals surface area contributed by atoms with E-state index in [1.807, 2.05) is 13.0 Å². The molecule has 3 rings (SSSR count). The Balaban J connectivity index is 2.03. The summed E-state index contributed by atoms with van der Waals surface area (Å²) in [4.78, 5) is 0. The Bertz CT molecular complexity index is 740. The summed E-state index contributed by atoms with van der Waals surface area (Å²) < 4.78 is 15.3. The molecule has 1 aromatic heterocycles. The van der Waals surface area contributed by atoms with Gasteiger partial charge >= 0.3 is 0 Å². The number of halogens is 1. The number of fused-ring (bicyclic) bond motifs is 1. The number of benzene rings is 2. The van der Waals surface area contributed by atoms with Crippen LogP contribution in [0.25, 0.3) is 10.9 Å². The molecular formula is C17H16FN. The highest BCUT2D eigenvalue weighted by Crippen LogP contribution is 2.20. The van der Waals surface area contributed by atoms with Crippen molar-refractivity contribution in [3.05, 3.63) is 71.2 Å². The third-order valence-electron chi connectivity index (χ3n) is 3.57. The Kier molecular flexibility index (Phi) is 2.86. The van der Waals surface area contributed by atoms with E-state index in [-0.39, 0.29) is 5.82 Å². The molecule has 0 fully saturated rings. The number of rotatable bonds is 2. The molecular weight excluding hydrogens is 237 g/mol. The molecule has 96 valence electrons. The molecule has 0 atom stereocenters. The van der Waals surface area contributed by atoms with Gasteiger partial charge in [0.25, 0.3) is 0 Å². The SMILES string of the molecule is Cc1ccc2ccn(Cc3ccc(F)cc3C)c2c1. The maximum Gasteiger partial charge on any atom is 0.123 e. The Labute approximate surface area is 112 Å². The number of hydrogen-bond donors (Lipinski definition) is 0. The summed E-state index contributed by atoms with van der Waals surface area (Å²) in [5, 5.41) is 1.24. The van der Waals surface area contributed by atoms with Crippen LogP contribution in [0.5, 0.6) is 0 Å². The summed E-state index contributed by atoms with van der Waals surface area (Å²) in [6.45, 7) is 4.83. The molecule has 2 heteroatoms. The van der Waals surface area contributed by atoms with Gasteiger partial charge in [-0.05, 0) is 60.2 Å². The van der Waals surface area contributed by atoms with E-state index in [1.165, 1.54) is 22.5 Å². The van der Waals surface area contributed by atoms with Gasteiger partial charge in [0, 0.05) is 18.3 Å². The molecule has 0 amide bonds. The van der Waals surface area contributed by atoms with Crippen molar-refractivity contribution in [2.75, 3.05) is 0 Å². The number of nitrogens with zero attached hydrogens (tertiary/aromatic N) is 1. The van der Waals surface area contributed by atoms with Crippen LogP contribution in [0, 0.1) is 19.7 Å². The summed E-state index contributed by atoms with van der Waals surface area (Å²) in [7, 11) is 0. The predicted molar refractivity (Wildman–Crippen MR) is 76.9 cm³/mol. The third kappa shape index (κ3) is 2.26. The first-order valence-electron chi connectivity index (χ1n) is 6.44. The highest BCUT2D eigenvalue weighted by Gasteiger charge is 2.05. The zero-order chi connectivity index (χ0) is 13.4. The Morgan fingerprint density at radius 3 is 2.63 bits per heavy atom. The molecule has 0 spiro atoms. The van der Waals surface area contributed by atoms with Crippen LogP contribution in [0.2, 0.25) is 0 Å². The minimum atomic E-state index is -0.172. The van der Waals surface area contributed by atoms with Gasteiger partial charge in [-0.25, -0.2) is 4.39 Å². The number of aromatic nitrogens is 1. The van der Waals surface area contributed by atoms with E-state index in [0.717, 1.165) is 17.7 Å². The lowest BCUT2D eigenvalue weighted by atomic mass is 10.1. The van der Waals surface area contributed by atoms with Gasteiger partial charge in [-0.2, -0.15) is 0 Å². The van der Waals surface area contributed by atoms with E-state index in [1.54, 1.807) is 6.07 Å². The van der Waals surface area contributed by atoms with Crippen LogP contribution < -0.4 is 0 Å². The van der Waals surface area contributed by atoms with Gasteiger partial charge in [-0.3, -0.25) is 0 Å². The fourth-order valence-corrected chi connectivity index (χ4v) is 2.45. The molecule has 0 bridgehead atoms. The van der Waals surface area contributed by atoms with Crippen molar-refractivity contribution in [2.45, 2.75) is 20.4 Å². The van der Waals surface area contributed by atoms with Crippen LogP contribution >= 0.6 is 0 Å². The average Bonchev–Trinajstić information content (AvgIpc) is 2.75. The van der Waals surface area contributed by atoms with Crippen molar-refractivity contribution in [1.82, 2.24) is 4.57 Å². The first-order chi connectivity index (χ1) is 9.13. The molecule has 0 aliphatic rings. The largest absolute Gasteiger partial charge is 0.343 e. The van der Waals surface area contributed by atoms with Crippen molar-refractivity contribution in [1.29, 1.82) is 0 Å². The van der Waals surface area contributed by atoms with E-state index in [9.17, 15) is 4.39 Å². The van der Waals surface area contributed by atoms with Gasteiger partial charge in [0.2, 0.25) is 0 Å². The topological polar surface area (TPSA) is 4.93 Å². The van der Waals surface area contributed by atoms with E-state index in [4.69, 9.17) is 0 Å². The van der Waals surface area contributed by atoms with Gasteiger partial charge in [0.05, 0.1) is 0 Å². The van der Waals surface area contributed by atoms with Crippen LogP contribution in [0.15, 0.2) is 48.7 Å². The predicted octanol–water partition coefficient (Wildman–Crippen LogP) is 4.45. The molecule has 1 nitrogen and oxygen atoms in total. The summed E-state index contributed by atoms with van der Waals surface area (Å²) >= 11 is 0. The van der Waals surface area contributed by atoms with E-state index in [2.05, 4.69) is 42.0 Å². The van der Waals surface area contributed by atoms with Crippen molar-refractivity contribution < 1.29 is 4.39 Å². The molecule has 0 aliphatic carbocycles. The number of aryl methyl sites for hydroxylation is 2. The van der Waals surface area contributed by atoms with Crippen LogP contribution in [0.1, 0.15) is 16.7 Å². The summed E-state index contributed by atoms with van der Waals surface area (Å²) in [6.07, 6.45) is 2.09. The maximum absolute atomic E-state index is 13.1. The lowest BCUT2D eigenvalue weighted by Gasteiger charge is -2.09. The van der Waals surface area contributed by atoms with Gasteiger partial charge in [0.15, 0.2) is 0 Å². The molecule has 2 aromatic carbocycles. The van der Waals surface area contributed by atoms with E-state index in [0.29, 0.717) is 0 Å². The molecule has 0 saturated carbocycles. The van der Waals surface area contributed by atoms with Crippen molar-refractivity contribution in [2.24, 2.45) is 0 Å². The highest BCUT2D eigenvalue weighted by atomic mass is 19.1. The van der Waals surface area contributed by atoms with Crippen molar-refractivity contribution in [3.63, 3.8) is 0 Å². The van der Waals surface area contributed by atoms with E-state index < -0.39 is 0 Å². The summed E-state index contributed by atoms with van der Waals surface area (Å²) in [5.74, 6) is -0.172. The first-order valence-corrected chi connectivity index (χ1v) is 6.44. The molecule has 19 heavy (non-hydrogen) atoms. The third-order valence-corrected chi connectivity index (χ3v) is 3.57. The lowest BCUT2D eigenvalue weighted by molar-refractivity contribution is 0.625. The molecule has 0 N–H and O–H groups in total. The van der Waals surface area contributed by atoms with Crippen LogP contribution in [0.3, 0.4) is 0 Å². The normalized spacial score (nSPS) is 11.1. The molecule has 1 heterocycles. The van der Waals surface area contributed by atoms with Crippen LogP contribution in [0.4, 0.5) is 4.39 Å². The fraction of sp³-hybridized carbons (Fsp3) is 0.176. The molecule has 0 unspecified atom stereocenters. The van der Waals surface area contributed by atoms with Gasteiger partial charge in [-0.15, -0.1) is 0 Å². The Morgan fingerprint density at radius 2 is 1.84 bits per heavy atom. The highest BCUT2D eigenvalue weighted by molar-refractivity contribution is 5.80. The maximum atomic E-state index is 13.1. The minimum absolute atomic E-state index is 0.172. The van der Waals surface area contributed by atoms with Gasteiger partial charge in [-0.1, -0.05) is 18.2 Å². The standard InChI is InChI=1S/C17H16FN/c1-12-3-4-14-7-8-19(17(14)9-12)11-15-5-6-16(18)10-13(15)2/h3-10H,11H2,1-2H3. The smallest absolute Gasteiger partial charge is 0.123 e. The summed E-state index contributed by atoms with van der Waals surface area (Å²) in [6, 6.07) is 13.5. The average molecular weight is 253 g/mol. The van der Waals surface area contributed by atoms with Crippen molar-refractivity contribution in [3.8, 4) is 0 Å². The monoisotopic (exact) mass is 253 g/mol. The second-order valence-electron chi connectivity index (χ2n) is 5.08. The first kappa shape index (κ1) is 12.0. The summed E-state index contributed by atoms with van der Waals surface area (Å²) in [5.41, 5.74) is 4.63. The zero-order valence-electron chi connectivity index (χ0n) is 11.2. The quantitative estimate of drug-likeness (QED) is 0.636. The van der Waals surface area contributed by atoms with Crippen LogP contribution in [-0.2, 0) is 6.54 Å². The molecule has 0 radical (unpaired) electrons. The van der Waals surface area contributed by atoms with Gasteiger partial charge in [0.1, 0.15) is 5.82 Å². The molecule has 0 aliphatic heterocycles. The molecule has 3 aromatic rings. The Morgan fingerprint density at radius 1 is 1.00 bits per heavy atom. The second-order valence-corrected chi connectivity index (χ2v) is 5.08. The van der Waals surface area contributed by atoms with Gasteiger partial charge < -0.3 is 4.57 Å². The van der Waals surface area contributed by atoms with Crippen molar-refractivity contribution >= 4 is 10.9 Å². The lowest BCUT2D eigenvalue weighted by Crippen LogP contribution is -2.00.